The molecule has 9 heteroatoms. The molecule has 5 nitrogen and oxygen atoms in total. The minimum Gasteiger partial charge on any atom is -0.304 e. The van der Waals surface area contributed by atoms with E-state index in [0.29, 0.717) is 22.5 Å². The van der Waals surface area contributed by atoms with Gasteiger partial charge in [0.05, 0.1) is 11.6 Å². The molecular weight excluding hydrogens is 359 g/mol. The molecule has 1 amide bonds. The monoisotopic (exact) mass is 369 g/mol. The summed E-state index contributed by atoms with van der Waals surface area (Å²) in [6.07, 6.45) is -4.18. The second-order valence-corrected chi connectivity index (χ2v) is 5.39. The Bertz CT molecular complexity index is 873. The smallest absolute Gasteiger partial charge is 0.304 e. The maximum atomic E-state index is 12.8. The summed E-state index contributed by atoms with van der Waals surface area (Å²) < 4.78 is 39.1. The second kappa shape index (κ2) is 7.40. The van der Waals surface area contributed by atoms with E-state index in [1.807, 2.05) is 0 Å². The molecule has 0 spiro atoms. The number of halogens is 4. The predicted octanol–water partition coefficient (Wildman–Crippen LogP) is 3.08. The predicted molar refractivity (Wildman–Crippen MR) is 85.1 cm³/mol. The van der Waals surface area contributed by atoms with Crippen molar-refractivity contribution in [1.29, 1.82) is 5.26 Å². The average Bonchev–Trinajstić information content (AvgIpc) is 2.56. The number of carbonyl (C=O) groups is 1. The fourth-order valence-electron chi connectivity index (χ4n) is 2.10. The molecule has 1 aromatic carbocycles. The number of hydrogen-bond acceptors (Lipinski definition) is 3. The first-order valence-corrected chi connectivity index (χ1v) is 7.31. The lowest BCUT2D eigenvalue weighted by Gasteiger charge is -2.20. The van der Waals surface area contributed by atoms with Crippen molar-refractivity contribution in [3.8, 4) is 6.07 Å². The molecule has 0 atom stereocenters. The Labute approximate surface area is 145 Å². The van der Waals surface area contributed by atoms with E-state index in [0.717, 1.165) is 4.90 Å². The number of nitriles is 1. The topological polar surface area (TPSA) is 66.1 Å². The lowest BCUT2D eigenvalue weighted by molar-refractivity contribution is -0.138. The molecule has 0 aliphatic carbocycles. The van der Waals surface area contributed by atoms with Gasteiger partial charge in [0.2, 0.25) is 5.91 Å². The highest BCUT2D eigenvalue weighted by atomic mass is 35.5. The molecular formula is C16H11ClF3N3O2. The lowest BCUT2D eigenvalue weighted by atomic mass is 10.2. The van der Waals surface area contributed by atoms with Gasteiger partial charge in [0.15, 0.2) is 0 Å². The molecule has 0 radical (unpaired) electrons. The minimum atomic E-state index is -4.71. The Balaban J connectivity index is 2.38. The third-order valence-electron chi connectivity index (χ3n) is 3.27. The summed E-state index contributed by atoms with van der Waals surface area (Å²) >= 11 is 5.56. The van der Waals surface area contributed by atoms with E-state index in [9.17, 15) is 22.8 Å². The third-order valence-corrected chi connectivity index (χ3v) is 3.54. The number of amides is 1. The van der Waals surface area contributed by atoms with Crippen LogP contribution in [-0.2, 0) is 17.5 Å². The van der Waals surface area contributed by atoms with Crippen molar-refractivity contribution in [3.05, 3.63) is 63.5 Å². The zero-order valence-corrected chi connectivity index (χ0v) is 13.4. The van der Waals surface area contributed by atoms with Crippen molar-refractivity contribution in [2.45, 2.75) is 12.7 Å². The first-order valence-electron chi connectivity index (χ1n) is 6.93. The van der Waals surface area contributed by atoms with Crippen molar-refractivity contribution >= 4 is 23.2 Å². The maximum Gasteiger partial charge on any atom is 0.417 e. The molecule has 2 rings (SSSR count). The van der Waals surface area contributed by atoms with Gasteiger partial charge < -0.3 is 4.57 Å². The summed E-state index contributed by atoms with van der Waals surface area (Å²) in [6.45, 7) is -0.997. The Hall–Kier alpha value is -2.79. The summed E-state index contributed by atoms with van der Waals surface area (Å²) in [5.74, 6) is -0.717. The fourth-order valence-corrected chi connectivity index (χ4v) is 2.33. The average molecular weight is 370 g/mol. The molecule has 1 heterocycles. The maximum absolute atomic E-state index is 12.8. The normalized spacial score (nSPS) is 11.0. The van der Waals surface area contributed by atoms with Crippen molar-refractivity contribution in [1.82, 2.24) is 4.57 Å². The highest BCUT2D eigenvalue weighted by Crippen LogP contribution is 2.29. The quantitative estimate of drug-likeness (QED) is 0.778. The summed E-state index contributed by atoms with van der Waals surface area (Å²) in [7, 11) is 0. The number of hydrogen-bond donors (Lipinski definition) is 0. The lowest BCUT2D eigenvalue weighted by Crippen LogP contribution is -2.37. The number of rotatable bonds is 4. The summed E-state index contributed by atoms with van der Waals surface area (Å²) in [4.78, 5) is 25.4. The number of alkyl halides is 3. The summed E-state index contributed by atoms with van der Waals surface area (Å²) in [5, 5.41) is 8.24. The number of anilines is 1. The number of benzene rings is 1. The first kappa shape index (κ1) is 18.5. The van der Waals surface area contributed by atoms with Gasteiger partial charge in [-0.2, -0.15) is 18.4 Å². The van der Waals surface area contributed by atoms with Crippen molar-refractivity contribution in [3.63, 3.8) is 0 Å². The Morgan fingerprint density at radius 2 is 1.92 bits per heavy atom. The number of para-hydroxylation sites is 1. The van der Waals surface area contributed by atoms with Gasteiger partial charge in [0, 0.05) is 11.9 Å². The molecule has 0 bridgehead atoms. The van der Waals surface area contributed by atoms with Crippen molar-refractivity contribution in [2.24, 2.45) is 0 Å². The van der Waals surface area contributed by atoms with Crippen molar-refractivity contribution in [2.75, 3.05) is 11.4 Å². The van der Waals surface area contributed by atoms with Crippen molar-refractivity contribution < 1.29 is 18.0 Å². The highest BCUT2D eigenvalue weighted by molar-refractivity contribution is 6.30. The van der Waals surface area contributed by atoms with E-state index >= 15 is 0 Å². The molecule has 0 saturated heterocycles. The summed E-state index contributed by atoms with van der Waals surface area (Å²) in [6, 6.07) is 10.4. The Kier molecular flexibility index (Phi) is 5.49. The zero-order valence-electron chi connectivity index (χ0n) is 12.6. The molecule has 0 N–H and O–H groups in total. The van der Waals surface area contributed by atoms with Crippen LogP contribution >= 0.6 is 11.6 Å². The molecule has 0 aliphatic heterocycles. The van der Waals surface area contributed by atoms with Gasteiger partial charge in [-0.25, -0.2) is 0 Å². The Morgan fingerprint density at radius 1 is 1.28 bits per heavy atom. The largest absolute Gasteiger partial charge is 0.417 e. The van der Waals surface area contributed by atoms with Crippen LogP contribution in [0.3, 0.4) is 0 Å². The molecule has 130 valence electrons. The van der Waals surface area contributed by atoms with Gasteiger partial charge in [0.1, 0.15) is 18.1 Å². The van der Waals surface area contributed by atoms with Crippen LogP contribution in [0.2, 0.25) is 5.02 Å². The standard InChI is InChI=1S/C16H11ClF3N3O2/c17-13-8-11(16(18,19)20)9-22(15(13)25)10-14(24)23(7-6-21)12-4-2-1-3-5-12/h1-5,8-9H,7,10H2. The SMILES string of the molecule is N#CCN(C(=O)Cn1cc(C(F)(F)F)cc(Cl)c1=O)c1ccccc1. The van der Waals surface area contributed by atoms with Crippen LogP contribution in [0.1, 0.15) is 5.56 Å². The van der Waals surface area contributed by atoms with Crippen LogP contribution < -0.4 is 10.5 Å². The van der Waals surface area contributed by atoms with E-state index in [1.165, 1.54) is 0 Å². The van der Waals surface area contributed by atoms with Gasteiger partial charge in [0.25, 0.3) is 5.56 Å². The molecule has 0 fully saturated rings. The Morgan fingerprint density at radius 3 is 2.48 bits per heavy atom. The van der Waals surface area contributed by atoms with Gasteiger partial charge in [-0.3, -0.25) is 14.5 Å². The van der Waals surface area contributed by atoms with Crippen LogP contribution in [0.5, 0.6) is 0 Å². The molecule has 0 unspecified atom stereocenters. The third kappa shape index (κ3) is 4.39. The number of pyridine rings is 1. The second-order valence-electron chi connectivity index (χ2n) is 4.98. The van der Waals surface area contributed by atoms with Crippen LogP contribution in [-0.4, -0.2) is 17.0 Å². The zero-order chi connectivity index (χ0) is 18.6. The van der Waals surface area contributed by atoms with E-state index in [2.05, 4.69) is 0 Å². The van der Waals surface area contributed by atoms with Crippen LogP contribution in [0.25, 0.3) is 0 Å². The van der Waals surface area contributed by atoms with E-state index < -0.39 is 34.8 Å². The highest BCUT2D eigenvalue weighted by Gasteiger charge is 2.32. The van der Waals surface area contributed by atoms with Gasteiger partial charge in [-0.15, -0.1) is 0 Å². The number of aromatic nitrogens is 1. The van der Waals surface area contributed by atoms with E-state index in [-0.39, 0.29) is 6.54 Å². The number of nitrogens with zero attached hydrogens (tertiary/aromatic N) is 3. The molecule has 0 aliphatic rings. The van der Waals surface area contributed by atoms with Gasteiger partial charge >= 0.3 is 6.18 Å². The summed E-state index contributed by atoms with van der Waals surface area (Å²) in [5.41, 5.74) is -1.68. The molecule has 25 heavy (non-hydrogen) atoms. The molecule has 2 aromatic rings. The molecule has 0 saturated carbocycles. The number of carbonyl (C=O) groups excluding carboxylic acids is 1. The van der Waals surface area contributed by atoms with Gasteiger partial charge in [-0.05, 0) is 18.2 Å². The van der Waals surface area contributed by atoms with Crippen LogP contribution in [0.4, 0.5) is 18.9 Å². The molecule has 1 aromatic heterocycles. The van der Waals surface area contributed by atoms with Gasteiger partial charge in [-0.1, -0.05) is 29.8 Å². The minimum absolute atomic E-state index is 0.315. The van der Waals surface area contributed by atoms with Crippen LogP contribution in [0.15, 0.2) is 47.4 Å². The van der Waals surface area contributed by atoms with Crippen LogP contribution in [0, 0.1) is 11.3 Å². The fraction of sp³-hybridized carbons (Fsp3) is 0.188. The van der Waals surface area contributed by atoms with E-state index in [1.54, 1.807) is 36.4 Å². The first-order chi connectivity index (χ1) is 11.7. The van der Waals surface area contributed by atoms with E-state index in [4.69, 9.17) is 16.9 Å².